The van der Waals surface area contributed by atoms with Crippen molar-refractivity contribution in [3.8, 4) is 11.1 Å². The molecule has 0 aliphatic carbocycles. The predicted molar refractivity (Wildman–Crippen MR) is 105 cm³/mol. The molecule has 0 amide bonds. The third-order valence-corrected chi connectivity index (χ3v) is 4.48. The Kier molecular flexibility index (Phi) is 4.47. The molecule has 0 unspecified atom stereocenters. The summed E-state index contributed by atoms with van der Waals surface area (Å²) in [6.07, 6.45) is -2.63. The maximum absolute atomic E-state index is 13.1. The summed E-state index contributed by atoms with van der Waals surface area (Å²) in [5, 5.41) is 3.72. The van der Waals surface area contributed by atoms with Crippen molar-refractivity contribution in [3.05, 3.63) is 83.2 Å². The Morgan fingerprint density at radius 3 is 2.36 bits per heavy atom. The van der Waals surface area contributed by atoms with E-state index in [1.54, 1.807) is 30.5 Å². The van der Waals surface area contributed by atoms with Gasteiger partial charge < -0.3 is 5.32 Å². The van der Waals surface area contributed by atoms with Crippen LogP contribution in [0.3, 0.4) is 0 Å². The van der Waals surface area contributed by atoms with Gasteiger partial charge in [0.2, 0.25) is 0 Å². The van der Waals surface area contributed by atoms with Crippen LogP contribution < -0.4 is 10.7 Å². The largest absolute Gasteiger partial charge is 0.405 e. The van der Waals surface area contributed by atoms with E-state index in [4.69, 9.17) is 0 Å². The van der Waals surface area contributed by atoms with Crippen LogP contribution in [-0.4, -0.2) is 17.7 Å². The normalized spacial score (nSPS) is 11.7. The van der Waals surface area contributed by atoms with Gasteiger partial charge in [-0.2, -0.15) is 13.2 Å². The number of nitrogens with one attached hydrogen (secondary N) is 1. The monoisotopic (exact) mass is 380 g/mol. The number of fused-ring (bicyclic) bond motifs is 2. The van der Waals surface area contributed by atoms with Crippen LogP contribution in [0.25, 0.3) is 32.8 Å². The van der Waals surface area contributed by atoms with Crippen molar-refractivity contribution in [3.63, 3.8) is 0 Å². The quantitative estimate of drug-likeness (QED) is 0.518. The van der Waals surface area contributed by atoms with Gasteiger partial charge >= 0.3 is 6.18 Å². The molecule has 0 atom stereocenters. The Bertz CT molecular complexity index is 1220. The van der Waals surface area contributed by atoms with Gasteiger partial charge in [-0.3, -0.25) is 9.78 Å². The maximum atomic E-state index is 13.1. The van der Waals surface area contributed by atoms with Crippen LogP contribution >= 0.6 is 0 Å². The Hall–Kier alpha value is -3.41. The number of halogens is 3. The van der Waals surface area contributed by atoms with E-state index in [0.717, 1.165) is 11.1 Å². The van der Waals surface area contributed by atoms with Gasteiger partial charge in [0, 0.05) is 28.2 Å². The summed E-state index contributed by atoms with van der Waals surface area (Å²) in [6.45, 7) is -1.16. The molecule has 1 N–H and O–H groups in total. The molecule has 140 valence electrons. The average Bonchev–Trinajstić information content (AvgIpc) is 2.83. The van der Waals surface area contributed by atoms with Crippen molar-refractivity contribution in [2.24, 2.45) is 0 Å². The Morgan fingerprint density at radius 2 is 1.61 bits per heavy atom. The van der Waals surface area contributed by atoms with Crippen molar-refractivity contribution in [1.29, 1.82) is 0 Å². The van der Waals surface area contributed by atoms with Gasteiger partial charge in [-0.25, -0.2) is 0 Å². The van der Waals surface area contributed by atoms with Crippen LogP contribution in [0.4, 0.5) is 18.9 Å². The molecule has 0 aliphatic rings. The third kappa shape index (κ3) is 3.67. The van der Waals surface area contributed by atoms with Crippen molar-refractivity contribution in [1.82, 2.24) is 4.98 Å². The lowest BCUT2D eigenvalue weighted by atomic mass is 10.1. The smallest absolute Gasteiger partial charge is 0.376 e. The van der Waals surface area contributed by atoms with Crippen LogP contribution in [0.2, 0.25) is 0 Å². The van der Waals surface area contributed by atoms with Gasteiger partial charge in [0.1, 0.15) is 6.54 Å². The molecule has 0 saturated heterocycles. The number of benzene rings is 2. The first-order valence-corrected chi connectivity index (χ1v) is 8.64. The SMILES string of the molecule is O=c1c2cc(NCC(F)(F)F)ccc2ccc2ncc(-c3ccccc3)cc12. The average molecular weight is 380 g/mol. The topological polar surface area (TPSA) is 42.0 Å². The van der Waals surface area contributed by atoms with Crippen LogP contribution in [0.15, 0.2) is 77.7 Å². The Balaban J connectivity index is 1.88. The summed E-state index contributed by atoms with van der Waals surface area (Å²) in [7, 11) is 0. The van der Waals surface area contributed by atoms with Gasteiger partial charge in [-0.05, 0) is 35.2 Å². The highest BCUT2D eigenvalue weighted by Gasteiger charge is 2.26. The molecule has 6 heteroatoms. The number of aromatic nitrogens is 1. The van der Waals surface area contributed by atoms with Crippen molar-refractivity contribution < 1.29 is 13.2 Å². The first-order chi connectivity index (χ1) is 13.4. The minimum atomic E-state index is -4.34. The van der Waals surface area contributed by atoms with Gasteiger partial charge in [0.25, 0.3) is 0 Å². The summed E-state index contributed by atoms with van der Waals surface area (Å²) >= 11 is 0. The fourth-order valence-electron chi connectivity index (χ4n) is 3.10. The lowest BCUT2D eigenvalue weighted by Crippen LogP contribution is -2.21. The maximum Gasteiger partial charge on any atom is 0.405 e. The molecule has 0 fully saturated rings. The highest BCUT2D eigenvalue weighted by atomic mass is 19.4. The zero-order valence-electron chi connectivity index (χ0n) is 14.6. The van der Waals surface area contributed by atoms with E-state index in [1.807, 2.05) is 30.3 Å². The summed E-state index contributed by atoms with van der Waals surface area (Å²) in [4.78, 5) is 17.5. The summed E-state index contributed by atoms with van der Waals surface area (Å²) in [5.41, 5.74) is 2.24. The third-order valence-electron chi connectivity index (χ3n) is 4.48. The van der Waals surface area contributed by atoms with Crippen molar-refractivity contribution in [2.45, 2.75) is 6.18 Å². The number of pyridine rings is 1. The number of nitrogens with zero attached hydrogens (tertiary/aromatic N) is 1. The lowest BCUT2D eigenvalue weighted by molar-refractivity contribution is -0.115. The molecule has 1 aromatic heterocycles. The van der Waals surface area contributed by atoms with E-state index < -0.39 is 12.7 Å². The number of alkyl halides is 3. The molecule has 1 heterocycles. The fourth-order valence-corrected chi connectivity index (χ4v) is 3.10. The zero-order valence-corrected chi connectivity index (χ0v) is 14.6. The molecule has 4 aromatic rings. The minimum Gasteiger partial charge on any atom is -0.376 e. The molecule has 0 radical (unpaired) electrons. The minimum absolute atomic E-state index is 0.244. The Morgan fingerprint density at radius 1 is 0.857 bits per heavy atom. The predicted octanol–water partition coefficient (Wildman–Crippen LogP) is 5.39. The summed E-state index contributed by atoms with van der Waals surface area (Å²) in [6, 6.07) is 19.4. The van der Waals surface area contributed by atoms with Crippen molar-refractivity contribution in [2.75, 3.05) is 11.9 Å². The number of hydrogen-bond acceptors (Lipinski definition) is 3. The van der Waals surface area contributed by atoms with E-state index in [9.17, 15) is 18.0 Å². The molecule has 28 heavy (non-hydrogen) atoms. The highest BCUT2D eigenvalue weighted by molar-refractivity contribution is 5.94. The first-order valence-electron chi connectivity index (χ1n) is 8.64. The van der Waals surface area contributed by atoms with E-state index in [2.05, 4.69) is 10.3 Å². The Labute approximate surface area is 158 Å². The highest BCUT2D eigenvalue weighted by Crippen LogP contribution is 2.24. The molecule has 4 rings (SSSR count). The van der Waals surface area contributed by atoms with Crippen LogP contribution in [0.5, 0.6) is 0 Å². The van der Waals surface area contributed by atoms with E-state index in [0.29, 0.717) is 21.7 Å². The molecular weight excluding hydrogens is 365 g/mol. The molecule has 0 aliphatic heterocycles. The zero-order chi connectivity index (χ0) is 19.7. The molecule has 3 nitrogen and oxygen atoms in total. The van der Waals surface area contributed by atoms with Gasteiger partial charge in [-0.1, -0.05) is 42.5 Å². The standard InChI is InChI=1S/C22H15F3N2O/c23-22(24,25)13-27-17-8-6-15-7-9-20-19(21(28)18(15)11-17)10-16(12-26-20)14-4-2-1-3-5-14/h1-12,27H,13H2. The fraction of sp³-hybridized carbons (Fsp3) is 0.0909. The van der Waals surface area contributed by atoms with Crippen molar-refractivity contribution >= 4 is 27.4 Å². The second-order valence-corrected chi connectivity index (χ2v) is 6.46. The number of anilines is 1. The van der Waals surface area contributed by atoms with E-state index >= 15 is 0 Å². The van der Waals surface area contributed by atoms with E-state index in [-0.39, 0.29) is 11.1 Å². The molecule has 0 bridgehead atoms. The second-order valence-electron chi connectivity index (χ2n) is 6.46. The van der Waals surface area contributed by atoms with E-state index in [1.165, 1.54) is 12.1 Å². The van der Waals surface area contributed by atoms with Crippen LogP contribution in [0.1, 0.15) is 0 Å². The first kappa shape index (κ1) is 18.0. The molecule has 0 saturated carbocycles. The lowest BCUT2D eigenvalue weighted by Gasteiger charge is -2.09. The second kappa shape index (κ2) is 6.96. The summed E-state index contributed by atoms with van der Waals surface area (Å²) < 4.78 is 37.4. The number of hydrogen-bond donors (Lipinski definition) is 1. The molecular formula is C22H15F3N2O. The number of rotatable bonds is 3. The molecule has 0 spiro atoms. The molecule has 3 aromatic carbocycles. The van der Waals surface area contributed by atoms with Gasteiger partial charge in [0.15, 0.2) is 5.43 Å². The van der Waals surface area contributed by atoms with Crippen LogP contribution in [-0.2, 0) is 0 Å². The van der Waals surface area contributed by atoms with Gasteiger partial charge in [-0.15, -0.1) is 0 Å². The van der Waals surface area contributed by atoms with Crippen LogP contribution in [0, 0.1) is 0 Å². The summed E-state index contributed by atoms with van der Waals surface area (Å²) in [5.74, 6) is 0. The van der Waals surface area contributed by atoms with Gasteiger partial charge in [0.05, 0.1) is 5.52 Å².